The van der Waals surface area contributed by atoms with Gasteiger partial charge in [0.15, 0.2) is 5.78 Å². The first kappa shape index (κ1) is 16.6. The van der Waals surface area contributed by atoms with E-state index in [1.54, 1.807) is 29.2 Å². The molecule has 126 valence electrons. The highest BCUT2D eigenvalue weighted by atomic mass is 16.2. The molecule has 0 fully saturated rings. The van der Waals surface area contributed by atoms with Crippen molar-refractivity contribution in [1.82, 2.24) is 4.98 Å². The van der Waals surface area contributed by atoms with E-state index in [2.05, 4.69) is 4.98 Å². The zero-order valence-electron chi connectivity index (χ0n) is 14.2. The van der Waals surface area contributed by atoms with E-state index in [-0.39, 0.29) is 11.7 Å². The van der Waals surface area contributed by atoms with Crippen LogP contribution in [0.25, 0.3) is 10.9 Å². The molecule has 0 unspecified atom stereocenters. The number of hydrogen-bond acceptors (Lipinski definition) is 4. The molecule has 0 bridgehead atoms. The van der Waals surface area contributed by atoms with Crippen LogP contribution in [0.4, 0.5) is 11.5 Å². The van der Waals surface area contributed by atoms with Gasteiger partial charge in [0, 0.05) is 17.9 Å². The molecule has 0 atom stereocenters. The molecule has 5 heteroatoms. The molecule has 0 aliphatic heterocycles. The number of nitrogens with zero attached hydrogens (tertiary/aromatic N) is 2. The Morgan fingerprint density at radius 2 is 1.76 bits per heavy atom. The van der Waals surface area contributed by atoms with Crippen molar-refractivity contribution in [2.75, 3.05) is 10.6 Å². The third-order valence-corrected chi connectivity index (χ3v) is 4.07. The molecule has 0 radical (unpaired) electrons. The topological polar surface area (TPSA) is 76.3 Å². The molecule has 1 aromatic heterocycles. The molecule has 0 saturated heterocycles. The van der Waals surface area contributed by atoms with Crippen LogP contribution in [0, 0.1) is 0 Å². The van der Waals surface area contributed by atoms with Crippen LogP contribution in [0.15, 0.2) is 54.6 Å². The third kappa shape index (κ3) is 3.50. The van der Waals surface area contributed by atoms with Gasteiger partial charge < -0.3 is 10.6 Å². The normalized spacial score (nSPS) is 10.6. The Kier molecular flexibility index (Phi) is 4.48. The maximum Gasteiger partial charge on any atom is 0.224 e. The quantitative estimate of drug-likeness (QED) is 0.741. The van der Waals surface area contributed by atoms with Crippen molar-refractivity contribution in [3.63, 3.8) is 0 Å². The number of carbonyl (C=O) groups is 2. The predicted molar refractivity (Wildman–Crippen MR) is 99.5 cm³/mol. The number of anilines is 2. The lowest BCUT2D eigenvalue weighted by Gasteiger charge is -2.23. The van der Waals surface area contributed by atoms with Gasteiger partial charge in [-0.25, -0.2) is 4.98 Å². The van der Waals surface area contributed by atoms with E-state index in [4.69, 9.17) is 5.73 Å². The third-order valence-electron chi connectivity index (χ3n) is 4.07. The second-order valence-corrected chi connectivity index (χ2v) is 5.94. The molecule has 1 amide bonds. The summed E-state index contributed by atoms with van der Waals surface area (Å²) < 4.78 is 0. The Balaban J connectivity index is 2.01. The summed E-state index contributed by atoms with van der Waals surface area (Å²) in [5.41, 5.74) is 8.59. The fourth-order valence-corrected chi connectivity index (χ4v) is 2.83. The molecule has 0 aliphatic carbocycles. The van der Waals surface area contributed by atoms with Crippen LogP contribution < -0.4 is 10.6 Å². The number of fused-ring (bicyclic) bond motifs is 1. The predicted octanol–water partition coefficient (Wildman–Crippen LogP) is 3.57. The Bertz CT molecular complexity index is 966. The molecule has 3 rings (SSSR count). The first-order chi connectivity index (χ1) is 12.0. The van der Waals surface area contributed by atoms with Crippen molar-refractivity contribution in [2.45, 2.75) is 20.4 Å². The van der Waals surface area contributed by atoms with Gasteiger partial charge in [-0.3, -0.25) is 9.59 Å². The van der Waals surface area contributed by atoms with Crippen molar-refractivity contribution in [3.8, 4) is 0 Å². The fourth-order valence-electron chi connectivity index (χ4n) is 2.83. The highest BCUT2D eigenvalue weighted by Crippen LogP contribution is 2.24. The number of carbonyl (C=O) groups excluding carboxylic acids is 2. The van der Waals surface area contributed by atoms with E-state index >= 15 is 0 Å². The van der Waals surface area contributed by atoms with Gasteiger partial charge in [0.25, 0.3) is 0 Å². The van der Waals surface area contributed by atoms with Gasteiger partial charge in [-0.2, -0.15) is 0 Å². The van der Waals surface area contributed by atoms with Gasteiger partial charge in [0.05, 0.1) is 17.7 Å². The first-order valence-corrected chi connectivity index (χ1v) is 7.99. The smallest absolute Gasteiger partial charge is 0.224 e. The van der Waals surface area contributed by atoms with Crippen molar-refractivity contribution < 1.29 is 9.59 Å². The van der Waals surface area contributed by atoms with Crippen molar-refractivity contribution in [1.29, 1.82) is 0 Å². The van der Waals surface area contributed by atoms with Gasteiger partial charge >= 0.3 is 0 Å². The summed E-state index contributed by atoms with van der Waals surface area (Å²) in [5.74, 6) is 0.249. The van der Waals surface area contributed by atoms with Crippen LogP contribution in [0.3, 0.4) is 0 Å². The maximum atomic E-state index is 12.2. The summed E-state index contributed by atoms with van der Waals surface area (Å²) in [6.45, 7) is 3.35. The molecule has 2 N–H and O–H groups in total. The Morgan fingerprint density at radius 3 is 2.48 bits per heavy atom. The second-order valence-electron chi connectivity index (χ2n) is 5.94. The molecular weight excluding hydrogens is 314 g/mol. The van der Waals surface area contributed by atoms with Crippen LogP contribution in [-0.4, -0.2) is 16.7 Å². The van der Waals surface area contributed by atoms with Crippen molar-refractivity contribution in [3.05, 3.63) is 65.7 Å². The highest BCUT2D eigenvalue weighted by molar-refractivity contribution is 6.04. The molecule has 0 spiro atoms. The number of nitrogens with two attached hydrogens (primary N) is 1. The molecule has 1 heterocycles. The minimum Gasteiger partial charge on any atom is -0.384 e. The number of hydrogen-bond donors (Lipinski definition) is 1. The molecule has 2 aromatic carbocycles. The monoisotopic (exact) mass is 333 g/mol. The summed E-state index contributed by atoms with van der Waals surface area (Å²) in [7, 11) is 0. The summed E-state index contributed by atoms with van der Waals surface area (Å²) in [5, 5.41) is 0.983. The number of pyridine rings is 1. The molecule has 0 saturated carbocycles. The van der Waals surface area contributed by atoms with E-state index in [9.17, 15) is 9.59 Å². The lowest BCUT2D eigenvalue weighted by atomic mass is 10.1. The standard InChI is InChI=1S/C20H19N3O2/c1-13(24)17-5-3-4-6-19(17)23(14(2)25)12-15-7-8-16-9-10-20(21)22-18(16)11-15/h3-11H,12H2,1-2H3,(H2,21,22). The van der Waals surface area contributed by atoms with Crippen molar-refractivity contribution >= 4 is 34.1 Å². The number of nitrogen functional groups attached to an aromatic ring is 1. The highest BCUT2D eigenvalue weighted by Gasteiger charge is 2.17. The number of rotatable bonds is 4. The van der Waals surface area contributed by atoms with E-state index in [1.165, 1.54) is 13.8 Å². The molecule has 5 nitrogen and oxygen atoms in total. The molecule has 25 heavy (non-hydrogen) atoms. The number of para-hydroxylation sites is 1. The Labute approximate surface area is 146 Å². The second kappa shape index (κ2) is 6.73. The minimum absolute atomic E-state index is 0.0743. The molecule has 0 aliphatic rings. The van der Waals surface area contributed by atoms with E-state index < -0.39 is 0 Å². The first-order valence-electron chi connectivity index (χ1n) is 7.99. The molecule has 3 aromatic rings. The van der Waals surface area contributed by atoms with Gasteiger partial charge in [-0.1, -0.05) is 24.3 Å². The average Bonchev–Trinajstić information content (AvgIpc) is 2.59. The number of amides is 1. The van der Waals surface area contributed by atoms with Crippen LogP contribution in [0.5, 0.6) is 0 Å². The summed E-state index contributed by atoms with van der Waals surface area (Å²) in [6, 6.07) is 16.6. The van der Waals surface area contributed by atoms with Crippen LogP contribution in [0.1, 0.15) is 29.8 Å². The van der Waals surface area contributed by atoms with Crippen molar-refractivity contribution in [2.24, 2.45) is 0 Å². The summed E-state index contributed by atoms with van der Waals surface area (Å²) >= 11 is 0. The van der Waals surface area contributed by atoms with Gasteiger partial charge in [-0.05, 0) is 42.8 Å². The number of aromatic nitrogens is 1. The van der Waals surface area contributed by atoms with Gasteiger partial charge in [-0.15, -0.1) is 0 Å². The van der Waals surface area contributed by atoms with Gasteiger partial charge in [0.2, 0.25) is 5.91 Å². The molecular formula is C20H19N3O2. The lowest BCUT2D eigenvalue weighted by molar-refractivity contribution is -0.116. The zero-order valence-corrected chi connectivity index (χ0v) is 14.2. The summed E-state index contributed by atoms with van der Waals surface area (Å²) in [6.07, 6.45) is 0. The number of benzene rings is 2. The van der Waals surface area contributed by atoms with Crippen LogP contribution >= 0.6 is 0 Å². The lowest BCUT2D eigenvalue weighted by Crippen LogP contribution is -2.29. The SMILES string of the molecule is CC(=O)c1ccccc1N(Cc1ccc2ccc(N)nc2c1)C(C)=O. The minimum atomic E-state index is -0.130. The zero-order chi connectivity index (χ0) is 18.0. The van der Waals surface area contributed by atoms with Crippen LogP contribution in [-0.2, 0) is 11.3 Å². The number of ketones is 1. The Hall–Kier alpha value is -3.21. The van der Waals surface area contributed by atoms with Crippen LogP contribution in [0.2, 0.25) is 0 Å². The van der Waals surface area contributed by atoms with Gasteiger partial charge in [0.1, 0.15) is 5.82 Å². The number of Topliss-reactive ketones (excluding diaryl/α,β-unsaturated/α-hetero) is 1. The van der Waals surface area contributed by atoms with E-state index in [1.807, 2.05) is 30.3 Å². The van der Waals surface area contributed by atoms with E-state index in [0.29, 0.717) is 23.6 Å². The fraction of sp³-hybridized carbons (Fsp3) is 0.150. The largest absolute Gasteiger partial charge is 0.384 e. The Morgan fingerprint density at radius 1 is 1.04 bits per heavy atom. The maximum absolute atomic E-state index is 12.2. The average molecular weight is 333 g/mol. The van der Waals surface area contributed by atoms with E-state index in [0.717, 1.165) is 16.5 Å². The summed E-state index contributed by atoms with van der Waals surface area (Å²) in [4.78, 5) is 30.0.